The Balaban J connectivity index is 1.26. The smallest absolute Gasteiger partial charge is 0.198 e. The van der Waals surface area contributed by atoms with Crippen LogP contribution in [-0.2, 0) is 0 Å². The highest BCUT2D eigenvalue weighted by Crippen LogP contribution is 2.65. The van der Waals surface area contributed by atoms with E-state index < -0.39 is 10.0 Å². The summed E-state index contributed by atoms with van der Waals surface area (Å²) in [5.74, 6) is 0. The van der Waals surface area contributed by atoms with Crippen LogP contribution in [0.2, 0.25) is 0 Å². The number of rotatable bonds is 4. The molecule has 9 aromatic rings. The first kappa shape index (κ1) is 30.5. The summed E-state index contributed by atoms with van der Waals surface area (Å²) in [6, 6.07) is 62.7. The number of para-hydroxylation sites is 5. The molecule has 0 saturated carbocycles. The standard InChI is InChI=1S/C48H36BN3S/c1-53(2)44-25-12-11-24-41(44)50-47-36(21-14-26-45(47)53)39-29-35(51(33-17-5-3-6-18-33)34-19-7-4-8-20-34)30-43-46(39)49-40-23-13-22-37-38-27-31-15-9-10-16-32(31)28-42(38)52(43)48(37)40/h3-30,49-50H,1-2H3. The number of nitrogens with one attached hydrogen (secondary N) is 1. The van der Waals surface area contributed by atoms with E-state index in [4.69, 9.17) is 0 Å². The minimum atomic E-state index is -1.27. The van der Waals surface area contributed by atoms with Gasteiger partial charge in [0.15, 0.2) is 7.28 Å². The first-order valence-electron chi connectivity index (χ1n) is 18.3. The molecule has 0 radical (unpaired) electrons. The van der Waals surface area contributed by atoms with Crippen molar-refractivity contribution >= 4 is 89.2 Å². The lowest BCUT2D eigenvalue weighted by Crippen LogP contribution is -2.37. The van der Waals surface area contributed by atoms with Crippen molar-refractivity contribution < 1.29 is 0 Å². The second kappa shape index (κ2) is 11.4. The zero-order valence-corrected chi connectivity index (χ0v) is 30.5. The molecule has 0 amide bonds. The molecular weight excluding hydrogens is 661 g/mol. The Bertz CT molecular complexity index is 2890. The number of nitrogens with zero attached hydrogens (tertiary/aromatic N) is 2. The Hall–Kier alpha value is -6.17. The molecule has 1 aromatic heterocycles. The summed E-state index contributed by atoms with van der Waals surface area (Å²) in [5.41, 5.74) is 14.8. The fourth-order valence-corrected chi connectivity index (χ4v) is 11.4. The van der Waals surface area contributed by atoms with E-state index in [-0.39, 0.29) is 0 Å². The molecule has 11 rings (SSSR count). The van der Waals surface area contributed by atoms with Gasteiger partial charge in [0.05, 0.1) is 16.9 Å². The number of anilines is 5. The van der Waals surface area contributed by atoms with Crippen LogP contribution in [0.3, 0.4) is 0 Å². The highest BCUT2D eigenvalue weighted by atomic mass is 32.3. The molecule has 2 aliphatic heterocycles. The van der Waals surface area contributed by atoms with Gasteiger partial charge in [0.25, 0.3) is 0 Å². The molecule has 5 heteroatoms. The van der Waals surface area contributed by atoms with Gasteiger partial charge in [-0.25, -0.2) is 0 Å². The van der Waals surface area contributed by atoms with E-state index in [9.17, 15) is 0 Å². The van der Waals surface area contributed by atoms with Crippen LogP contribution in [0.1, 0.15) is 0 Å². The van der Waals surface area contributed by atoms with E-state index in [0.29, 0.717) is 0 Å². The van der Waals surface area contributed by atoms with Crippen LogP contribution in [0.4, 0.5) is 28.4 Å². The lowest BCUT2D eigenvalue weighted by Gasteiger charge is -2.41. The van der Waals surface area contributed by atoms with Crippen molar-refractivity contribution in [3.05, 3.63) is 170 Å². The average molecular weight is 698 g/mol. The fourth-order valence-electron chi connectivity index (χ4n) is 8.98. The maximum absolute atomic E-state index is 3.97. The first-order chi connectivity index (χ1) is 26.0. The molecule has 0 saturated heterocycles. The summed E-state index contributed by atoms with van der Waals surface area (Å²) in [6.45, 7) is 0. The number of hydrogen-bond acceptors (Lipinski definition) is 2. The van der Waals surface area contributed by atoms with Gasteiger partial charge in [0.1, 0.15) is 0 Å². The van der Waals surface area contributed by atoms with E-state index in [1.54, 1.807) is 0 Å². The molecule has 252 valence electrons. The quantitative estimate of drug-likeness (QED) is 0.185. The number of hydrogen-bond donors (Lipinski definition) is 1. The monoisotopic (exact) mass is 697 g/mol. The molecule has 3 nitrogen and oxygen atoms in total. The summed E-state index contributed by atoms with van der Waals surface area (Å²) in [6.07, 6.45) is 4.88. The summed E-state index contributed by atoms with van der Waals surface area (Å²) in [7, 11) is -0.413. The molecule has 0 aliphatic carbocycles. The summed E-state index contributed by atoms with van der Waals surface area (Å²) in [4.78, 5) is 5.21. The van der Waals surface area contributed by atoms with Crippen molar-refractivity contribution in [1.82, 2.24) is 4.57 Å². The van der Waals surface area contributed by atoms with E-state index in [2.05, 4.69) is 197 Å². The highest BCUT2D eigenvalue weighted by molar-refractivity contribution is 8.33. The molecule has 0 atom stereocenters. The van der Waals surface area contributed by atoms with Gasteiger partial charge in [0.2, 0.25) is 0 Å². The van der Waals surface area contributed by atoms with E-state index in [1.165, 1.54) is 81.5 Å². The van der Waals surface area contributed by atoms with Gasteiger partial charge in [-0.05, 0) is 101 Å². The van der Waals surface area contributed by atoms with Gasteiger partial charge in [-0.2, -0.15) is 10.0 Å². The predicted molar refractivity (Wildman–Crippen MR) is 231 cm³/mol. The van der Waals surface area contributed by atoms with Crippen molar-refractivity contribution in [3.63, 3.8) is 0 Å². The second-order valence-electron chi connectivity index (χ2n) is 14.7. The second-order valence-corrected chi connectivity index (χ2v) is 18.2. The molecule has 1 N–H and O–H groups in total. The number of benzene rings is 8. The average Bonchev–Trinajstić information content (AvgIpc) is 3.52. The zero-order valence-electron chi connectivity index (χ0n) is 29.7. The van der Waals surface area contributed by atoms with Crippen LogP contribution in [0.25, 0.3) is 49.4 Å². The largest absolute Gasteiger partial charge is 0.353 e. The maximum Gasteiger partial charge on any atom is 0.198 e. The van der Waals surface area contributed by atoms with Gasteiger partial charge in [-0.15, -0.1) is 0 Å². The molecule has 2 aliphatic rings. The van der Waals surface area contributed by atoms with Gasteiger partial charge < -0.3 is 14.8 Å². The SMILES string of the molecule is CS1(C)c2ccccc2Nc2c(-c3cc(N(c4ccccc4)c4ccccc4)cc4c3Bc3cccc5c6cc7ccccc7cc6n-4c35)cccc21. The Morgan fingerprint density at radius 1 is 0.547 bits per heavy atom. The molecule has 3 heterocycles. The molecule has 53 heavy (non-hydrogen) atoms. The van der Waals surface area contributed by atoms with Gasteiger partial charge in [-0.3, -0.25) is 0 Å². The summed E-state index contributed by atoms with van der Waals surface area (Å²) in [5, 5.41) is 9.09. The number of fused-ring (bicyclic) bond motifs is 8. The zero-order chi connectivity index (χ0) is 35.3. The third-order valence-corrected chi connectivity index (χ3v) is 14.3. The third-order valence-electron chi connectivity index (χ3n) is 11.4. The predicted octanol–water partition coefficient (Wildman–Crippen LogP) is 11.3. The van der Waals surface area contributed by atoms with Crippen molar-refractivity contribution in [2.45, 2.75) is 9.79 Å². The van der Waals surface area contributed by atoms with Crippen molar-refractivity contribution in [1.29, 1.82) is 0 Å². The van der Waals surface area contributed by atoms with Crippen LogP contribution in [0.15, 0.2) is 180 Å². The fraction of sp³-hybridized carbons (Fsp3) is 0.0417. The molecular formula is C48H36BN3S. The van der Waals surface area contributed by atoms with Crippen molar-refractivity contribution in [3.8, 4) is 16.8 Å². The summed E-state index contributed by atoms with van der Waals surface area (Å²) < 4.78 is 2.57. The normalized spacial score (nSPS) is 14.2. The lowest BCUT2D eigenvalue weighted by molar-refractivity contribution is 1.18. The Kier molecular flexibility index (Phi) is 6.56. The molecule has 0 unspecified atom stereocenters. The minimum Gasteiger partial charge on any atom is -0.353 e. The lowest BCUT2D eigenvalue weighted by atomic mass is 9.59. The molecule has 0 spiro atoms. The molecule has 8 aromatic carbocycles. The number of aromatic nitrogens is 1. The Morgan fingerprint density at radius 2 is 1.21 bits per heavy atom. The molecule has 0 fully saturated rings. The Labute approximate surface area is 311 Å². The Morgan fingerprint density at radius 3 is 1.98 bits per heavy atom. The van der Waals surface area contributed by atoms with Crippen LogP contribution in [-0.4, -0.2) is 24.4 Å². The summed E-state index contributed by atoms with van der Waals surface area (Å²) >= 11 is 0. The maximum atomic E-state index is 3.97. The topological polar surface area (TPSA) is 20.2 Å². The van der Waals surface area contributed by atoms with Crippen LogP contribution >= 0.6 is 10.0 Å². The highest BCUT2D eigenvalue weighted by Gasteiger charge is 2.33. The van der Waals surface area contributed by atoms with E-state index in [1.807, 2.05) is 0 Å². The van der Waals surface area contributed by atoms with Gasteiger partial charge >= 0.3 is 0 Å². The van der Waals surface area contributed by atoms with Crippen LogP contribution in [0.5, 0.6) is 0 Å². The first-order valence-corrected chi connectivity index (χ1v) is 20.7. The minimum absolute atomic E-state index is 0.852. The van der Waals surface area contributed by atoms with Crippen LogP contribution < -0.4 is 21.1 Å². The van der Waals surface area contributed by atoms with Gasteiger partial charge in [0, 0.05) is 54.4 Å². The van der Waals surface area contributed by atoms with Gasteiger partial charge in [-0.1, -0.05) is 109 Å². The van der Waals surface area contributed by atoms with Crippen molar-refractivity contribution in [2.24, 2.45) is 0 Å². The van der Waals surface area contributed by atoms with Crippen molar-refractivity contribution in [2.75, 3.05) is 22.7 Å². The molecule has 0 bridgehead atoms. The van der Waals surface area contributed by atoms with Crippen LogP contribution in [0, 0.1) is 0 Å². The third kappa shape index (κ3) is 4.50. The van der Waals surface area contributed by atoms with E-state index >= 15 is 0 Å². The van der Waals surface area contributed by atoms with E-state index in [0.717, 1.165) is 24.3 Å².